The third kappa shape index (κ3) is 6.21. The molecule has 0 heterocycles. The first-order valence-electron chi connectivity index (χ1n) is 9.49. The second-order valence-electron chi connectivity index (χ2n) is 7.67. The maximum atomic E-state index is 12.4. The largest absolute Gasteiger partial charge is 0.387 e. The first-order valence-corrected chi connectivity index (χ1v) is 11.7. The van der Waals surface area contributed by atoms with E-state index in [1.165, 1.54) is 0 Å². The summed E-state index contributed by atoms with van der Waals surface area (Å²) in [7, 11) is -1.94. The van der Waals surface area contributed by atoms with Gasteiger partial charge in [-0.2, -0.15) is 0 Å². The van der Waals surface area contributed by atoms with Gasteiger partial charge in [0, 0.05) is 13.2 Å². The van der Waals surface area contributed by atoms with Gasteiger partial charge in [0.2, 0.25) is 5.78 Å². The van der Waals surface area contributed by atoms with Crippen LogP contribution in [0.1, 0.15) is 68.7 Å². The van der Waals surface area contributed by atoms with Crippen molar-refractivity contribution in [3.05, 3.63) is 0 Å². The molecule has 0 aliphatic heterocycles. The standard InChI is InChI=1S/C20H38O4Si/c1-10-23-20(9,24-11-2)19(22)14-18(21)12-13-25(15(3)4,16(5)6)17(7)8/h15-17,19,22H,10-11,14H2,1-9H3/t19-/m1/s1. The van der Waals surface area contributed by atoms with Gasteiger partial charge in [-0.15, -0.1) is 5.54 Å². The number of rotatable bonds is 10. The molecule has 0 radical (unpaired) electrons. The molecular weight excluding hydrogens is 332 g/mol. The molecule has 1 N–H and O–H groups in total. The van der Waals surface area contributed by atoms with Crippen molar-refractivity contribution in [2.75, 3.05) is 13.2 Å². The highest BCUT2D eigenvalue weighted by Crippen LogP contribution is 2.40. The number of ketones is 1. The van der Waals surface area contributed by atoms with Crippen molar-refractivity contribution in [1.29, 1.82) is 0 Å². The van der Waals surface area contributed by atoms with Crippen molar-refractivity contribution < 1.29 is 19.4 Å². The molecule has 0 amide bonds. The van der Waals surface area contributed by atoms with Crippen LogP contribution >= 0.6 is 0 Å². The number of hydrogen-bond donors (Lipinski definition) is 1. The summed E-state index contributed by atoms with van der Waals surface area (Å²) in [6.45, 7) is 19.4. The Morgan fingerprint density at radius 1 is 1.00 bits per heavy atom. The fourth-order valence-electron chi connectivity index (χ4n) is 3.83. The smallest absolute Gasteiger partial charge is 0.207 e. The molecule has 0 spiro atoms. The second kappa shape index (κ2) is 10.5. The molecule has 0 rings (SSSR count). The monoisotopic (exact) mass is 370 g/mol. The van der Waals surface area contributed by atoms with E-state index in [0.717, 1.165) is 0 Å². The first-order chi connectivity index (χ1) is 11.5. The predicted molar refractivity (Wildman–Crippen MR) is 106 cm³/mol. The Hall–Kier alpha value is -0.673. The molecule has 0 saturated carbocycles. The summed E-state index contributed by atoms with van der Waals surface area (Å²) in [5.41, 5.74) is 4.80. The summed E-state index contributed by atoms with van der Waals surface area (Å²) in [4.78, 5) is 12.4. The zero-order valence-corrected chi connectivity index (χ0v) is 18.6. The summed E-state index contributed by atoms with van der Waals surface area (Å²) in [6, 6.07) is 0. The van der Waals surface area contributed by atoms with Crippen LogP contribution in [0.2, 0.25) is 16.6 Å². The van der Waals surface area contributed by atoms with Crippen molar-refractivity contribution in [3.63, 3.8) is 0 Å². The van der Waals surface area contributed by atoms with E-state index in [-0.39, 0.29) is 12.2 Å². The van der Waals surface area contributed by atoms with Crippen LogP contribution < -0.4 is 0 Å². The fraction of sp³-hybridized carbons (Fsp3) is 0.850. The van der Waals surface area contributed by atoms with Crippen molar-refractivity contribution >= 4 is 13.9 Å². The Kier molecular flexibility index (Phi) is 10.2. The minimum Gasteiger partial charge on any atom is -0.387 e. The fourth-order valence-corrected chi connectivity index (χ4v) is 9.05. The topological polar surface area (TPSA) is 55.8 Å². The van der Waals surface area contributed by atoms with E-state index in [9.17, 15) is 9.90 Å². The van der Waals surface area contributed by atoms with Crippen LogP contribution in [-0.2, 0) is 14.3 Å². The molecular formula is C20H38O4Si. The van der Waals surface area contributed by atoms with Crippen LogP contribution in [0, 0.1) is 11.5 Å². The van der Waals surface area contributed by atoms with E-state index < -0.39 is 20.0 Å². The van der Waals surface area contributed by atoms with Crippen molar-refractivity contribution in [2.24, 2.45) is 0 Å². The maximum Gasteiger partial charge on any atom is 0.207 e. The molecule has 4 nitrogen and oxygen atoms in total. The summed E-state index contributed by atoms with van der Waals surface area (Å²) in [5, 5.41) is 10.4. The summed E-state index contributed by atoms with van der Waals surface area (Å²) < 4.78 is 11.1. The van der Waals surface area contributed by atoms with Crippen LogP contribution in [0.15, 0.2) is 0 Å². The van der Waals surface area contributed by atoms with Gasteiger partial charge in [0.05, 0.1) is 6.42 Å². The van der Waals surface area contributed by atoms with E-state index in [4.69, 9.17) is 9.47 Å². The Morgan fingerprint density at radius 2 is 1.40 bits per heavy atom. The Balaban J connectivity index is 5.37. The van der Waals surface area contributed by atoms with Gasteiger partial charge in [0.15, 0.2) is 5.79 Å². The lowest BCUT2D eigenvalue weighted by molar-refractivity contribution is -0.268. The number of carbonyl (C=O) groups is 1. The Morgan fingerprint density at radius 3 is 1.72 bits per heavy atom. The van der Waals surface area contributed by atoms with Crippen LogP contribution in [0.5, 0.6) is 0 Å². The molecule has 5 heteroatoms. The minimum atomic E-state index is -1.94. The number of aliphatic hydroxyl groups is 1. The van der Waals surface area contributed by atoms with Crippen LogP contribution in [0.3, 0.4) is 0 Å². The third-order valence-corrected chi connectivity index (χ3v) is 11.4. The third-order valence-electron chi connectivity index (χ3n) is 5.13. The number of Topliss-reactive ketones (excluding diaryl/α,β-unsaturated/α-hetero) is 1. The Labute approximate surface area is 155 Å². The van der Waals surface area contributed by atoms with Crippen molar-refractivity contribution in [2.45, 2.75) is 97.2 Å². The van der Waals surface area contributed by atoms with Gasteiger partial charge in [-0.25, -0.2) is 0 Å². The molecule has 0 bridgehead atoms. The molecule has 0 fully saturated rings. The highest BCUT2D eigenvalue weighted by atomic mass is 28.3. The average Bonchev–Trinajstić information content (AvgIpc) is 2.47. The van der Waals surface area contributed by atoms with Crippen molar-refractivity contribution in [3.8, 4) is 11.5 Å². The van der Waals surface area contributed by atoms with E-state index in [2.05, 4.69) is 53.0 Å². The molecule has 0 aromatic heterocycles. The summed E-state index contributed by atoms with van der Waals surface area (Å²) >= 11 is 0. The van der Waals surface area contributed by atoms with E-state index >= 15 is 0 Å². The summed E-state index contributed by atoms with van der Waals surface area (Å²) in [5.74, 6) is 1.43. The van der Waals surface area contributed by atoms with Gasteiger partial charge in [-0.3, -0.25) is 4.79 Å². The highest BCUT2D eigenvalue weighted by Gasteiger charge is 2.42. The van der Waals surface area contributed by atoms with Gasteiger partial charge >= 0.3 is 0 Å². The molecule has 1 atom stereocenters. The van der Waals surface area contributed by atoms with Gasteiger partial charge in [-0.1, -0.05) is 41.5 Å². The average molecular weight is 371 g/mol. The molecule has 146 valence electrons. The van der Waals surface area contributed by atoms with E-state index in [1.807, 2.05) is 13.8 Å². The normalized spacial score (nSPS) is 14.0. The number of ether oxygens (including phenoxy) is 2. The lowest BCUT2D eigenvalue weighted by Crippen LogP contribution is -2.46. The second-order valence-corrected chi connectivity index (χ2v) is 13.3. The minimum absolute atomic E-state index is 0.0811. The molecule has 0 aliphatic carbocycles. The molecule has 0 aliphatic rings. The lowest BCUT2D eigenvalue weighted by Gasteiger charge is -2.38. The zero-order valence-electron chi connectivity index (χ0n) is 17.6. The maximum absolute atomic E-state index is 12.4. The van der Waals surface area contributed by atoms with Gasteiger partial charge in [0.25, 0.3) is 0 Å². The van der Waals surface area contributed by atoms with E-state index in [0.29, 0.717) is 29.8 Å². The number of hydrogen-bond acceptors (Lipinski definition) is 4. The van der Waals surface area contributed by atoms with E-state index in [1.54, 1.807) is 6.92 Å². The molecule has 0 saturated heterocycles. The number of aliphatic hydroxyl groups excluding tert-OH is 1. The van der Waals surface area contributed by atoms with Gasteiger partial charge < -0.3 is 14.6 Å². The predicted octanol–water partition coefficient (Wildman–Crippen LogP) is 4.32. The molecule has 0 aromatic carbocycles. The zero-order chi connectivity index (χ0) is 19.8. The SMILES string of the molecule is CCOC(C)(OCC)[C@H](O)CC(=O)C#C[Si](C(C)C)(C(C)C)C(C)C. The molecule has 0 unspecified atom stereocenters. The van der Waals surface area contributed by atoms with Crippen LogP contribution in [-0.4, -0.2) is 44.1 Å². The van der Waals surface area contributed by atoms with Gasteiger partial charge in [-0.05, 0) is 43.3 Å². The van der Waals surface area contributed by atoms with Crippen LogP contribution in [0.4, 0.5) is 0 Å². The molecule has 25 heavy (non-hydrogen) atoms. The van der Waals surface area contributed by atoms with Crippen LogP contribution in [0.25, 0.3) is 0 Å². The highest BCUT2D eigenvalue weighted by molar-refractivity contribution is 6.90. The van der Waals surface area contributed by atoms with Gasteiger partial charge in [0.1, 0.15) is 14.2 Å². The Bertz CT molecular complexity index is 446. The van der Waals surface area contributed by atoms with Crippen molar-refractivity contribution in [1.82, 2.24) is 0 Å². The summed E-state index contributed by atoms with van der Waals surface area (Å²) in [6.07, 6.45) is -1.12. The number of carbonyl (C=O) groups excluding carboxylic acids is 1. The lowest BCUT2D eigenvalue weighted by atomic mass is 10.1. The quantitative estimate of drug-likeness (QED) is 0.353. The molecule has 0 aromatic rings. The first kappa shape index (κ1) is 24.3.